The number of rotatable bonds is 3. The molecule has 2 aromatic rings. The van der Waals surface area contributed by atoms with E-state index in [1.165, 1.54) is 24.5 Å². The van der Waals surface area contributed by atoms with E-state index >= 15 is 0 Å². The van der Waals surface area contributed by atoms with Crippen molar-refractivity contribution in [1.29, 1.82) is 0 Å². The normalized spacial score (nSPS) is 10.1. The number of carbonyl (C=O) groups excluding carboxylic acids is 1. The predicted octanol–water partition coefficient (Wildman–Crippen LogP) is 1.87. The van der Waals surface area contributed by atoms with Crippen molar-refractivity contribution in [2.24, 2.45) is 0 Å². The van der Waals surface area contributed by atoms with Gasteiger partial charge in [-0.2, -0.15) is 0 Å². The van der Waals surface area contributed by atoms with Crippen LogP contribution in [0.4, 0.5) is 17.2 Å². The van der Waals surface area contributed by atoms with Crippen LogP contribution in [0.3, 0.4) is 0 Å². The Balaban J connectivity index is 2.25. The van der Waals surface area contributed by atoms with Crippen molar-refractivity contribution in [3.05, 3.63) is 51.4 Å². The van der Waals surface area contributed by atoms with Gasteiger partial charge in [-0.05, 0) is 6.07 Å². The maximum Gasteiger partial charge on any atom is 0.275 e. The summed E-state index contributed by atoms with van der Waals surface area (Å²) in [5.74, 6) is -0.421. The van der Waals surface area contributed by atoms with E-state index in [1.807, 2.05) is 0 Å². The molecule has 1 aromatic carbocycles. The van der Waals surface area contributed by atoms with Crippen molar-refractivity contribution in [3.63, 3.8) is 0 Å². The second-order valence-electron chi connectivity index (χ2n) is 3.70. The minimum atomic E-state index is -0.597. The fraction of sp³-hybridized carbons (Fsp3) is 0. The zero-order valence-electron chi connectivity index (χ0n) is 9.91. The second-order valence-corrected chi connectivity index (χ2v) is 4.11. The quantitative estimate of drug-likeness (QED) is 0.657. The van der Waals surface area contributed by atoms with Crippen molar-refractivity contribution in [2.45, 2.75) is 0 Å². The van der Waals surface area contributed by atoms with E-state index in [1.54, 1.807) is 0 Å². The first-order valence-corrected chi connectivity index (χ1v) is 5.68. The summed E-state index contributed by atoms with van der Waals surface area (Å²) in [4.78, 5) is 29.5. The van der Waals surface area contributed by atoms with Crippen molar-refractivity contribution in [1.82, 2.24) is 9.97 Å². The molecule has 20 heavy (non-hydrogen) atoms. The largest absolute Gasteiger partial charge is 0.382 e. The number of nitrogens with zero attached hydrogens (tertiary/aromatic N) is 3. The average molecular weight is 294 g/mol. The molecule has 3 N–H and O–H groups in total. The molecular formula is C11H8ClN5O3. The molecule has 1 amide bonds. The summed E-state index contributed by atoms with van der Waals surface area (Å²) in [5.41, 5.74) is 5.30. The number of halogens is 1. The van der Waals surface area contributed by atoms with Crippen LogP contribution in [0, 0.1) is 10.1 Å². The topological polar surface area (TPSA) is 124 Å². The Morgan fingerprint density at radius 2 is 2.10 bits per heavy atom. The zero-order chi connectivity index (χ0) is 14.7. The molecule has 0 saturated heterocycles. The number of non-ortho nitro benzene ring substituents is 1. The lowest BCUT2D eigenvalue weighted by molar-refractivity contribution is -0.384. The summed E-state index contributed by atoms with van der Waals surface area (Å²) in [6.45, 7) is 0. The molecule has 0 radical (unpaired) electrons. The molecule has 0 spiro atoms. The number of hydrogen-bond donors (Lipinski definition) is 2. The number of nitrogen functional groups attached to an aromatic ring is 1. The summed E-state index contributed by atoms with van der Waals surface area (Å²) in [6.07, 6.45) is 2.42. The molecule has 0 unspecified atom stereocenters. The molecule has 0 atom stereocenters. The minimum absolute atomic E-state index is 0.0155. The van der Waals surface area contributed by atoms with Crippen LogP contribution in [0.1, 0.15) is 10.5 Å². The summed E-state index contributed by atoms with van der Waals surface area (Å²) in [6, 6.07) is 3.72. The first-order valence-electron chi connectivity index (χ1n) is 5.30. The molecule has 0 saturated carbocycles. The van der Waals surface area contributed by atoms with Crippen LogP contribution >= 0.6 is 11.6 Å². The number of nitro groups is 1. The molecule has 0 aliphatic heterocycles. The third kappa shape index (κ3) is 2.98. The van der Waals surface area contributed by atoms with Crippen LogP contribution in [0.25, 0.3) is 0 Å². The first kappa shape index (κ1) is 13.7. The SMILES string of the molecule is Nc1cnc(C(=O)Nc2cc([N+](=O)[O-])ccc2Cl)cn1. The smallest absolute Gasteiger partial charge is 0.275 e. The van der Waals surface area contributed by atoms with E-state index in [2.05, 4.69) is 15.3 Å². The molecule has 102 valence electrons. The summed E-state index contributed by atoms with van der Waals surface area (Å²) in [5, 5.41) is 13.3. The Labute approximate surface area is 117 Å². The molecular weight excluding hydrogens is 286 g/mol. The van der Waals surface area contributed by atoms with E-state index in [0.717, 1.165) is 6.07 Å². The highest BCUT2D eigenvalue weighted by Crippen LogP contribution is 2.26. The number of nitro benzene ring substituents is 1. The van der Waals surface area contributed by atoms with Crippen LogP contribution in [0.15, 0.2) is 30.6 Å². The Kier molecular flexibility index (Phi) is 3.76. The monoisotopic (exact) mass is 293 g/mol. The van der Waals surface area contributed by atoms with Gasteiger partial charge in [0.1, 0.15) is 11.5 Å². The molecule has 0 fully saturated rings. The van der Waals surface area contributed by atoms with Gasteiger partial charge in [0, 0.05) is 12.1 Å². The summed E-state index contributed by atoms with van der Waals surface area (Å²) < 4.78 is 0. The van der Waals surface area contributed by atoms with Gasteiger partial charge < -0.3 is 11.1 Å². The van der Waals surface area contributed by atoms with Gasteiger partial charge in [-0.15, -0.1) is 0 Å². The number of benzene rings is 1. The lowest BCUT2D eigenvalue weighted by Gasteiger charge is -2.06. The summed E-state index contributed by atoms with van der Waals surface area (Å²) in [7, 11) is 0. The van der Waals surface area contributed by atoms with Gasteiger partial charge in [0.25, 0.3) is 11.6 Å². The van der Waals surface area contributed by atoms with Crippen LogP contribution in [0.2, 0.25) is 5.02 Å². The molecule has 0 aliphatic carbocycles. The lowest BCUT2D eigenvalue weighted by atomic mass is 10.2. The van der Waals surface area contributed by atoms with Gasteiger partial charge in [0.05, 0.1) is 28.0 Å². The highest BCUT2D eigenvalue weighted by atomic mass is 35.5. The van der Waals surface area contributed by atoms with Crippen molar-refractivity contribution < 1.29 is 9.72 Å². The second kappa shape index (κ2) is 5.49. The fourth-order valence-corrected chi connectivity index (χ4v) is 1.53. The third-order valence-corrected chi connectivity index (χ3v) is 2.64. The van der Waals surface area contributed by atoms with Gasteiger partial charge in [-0.1, -0.05) is 11.6 Å². The van der Waals surface area contributed by atoms with Crippen molar-refractivity contribution >= 4 is 34.7 Å². The molecule has 9 heteroatoms. The third-order valence-electron chi connectivity index (χ3n) is 2.31. The number of aromatic nitrogens is 2. The molecule has 1 aromatic heterocycles. The molecule has 0 aliphatic rings. The predicted molar refractivity (Wildman–Crippen MR) is 72.5 cm³/mol. The van der Waals surface area contributed by atoms with Gasteiger partial charge in [0.15, 0.2) is 0 Å². The van der Waals surface area contributed by atoms with E-state index in [4.69, 9.17) is 17.3 Å². The minimum Gasteiger partial charge on any atom is -0.382 e. The van der Waals surface area contributed by atoms with Gasteiger partial charge >= 0.3 is 0 Å². The van der Waals surface area contributed by atoms with E-state index < -0.39 is 10.8 Å². The van der Waals surface area contributed by atoms with Gasteiger partial charge in [0.2, 0.25) is 0 Å². The maximum absolute atomic E-state index is 11.9. The number of amides is 1. The van der Waals surface area contributed by atoms with Crippen LogP contribution in [-0.2, 0) is 0 Å². The van der Waals surface area contributed by atoms with Gasteiger partial charge in [-0.25, -0.2) is 9.97 Å². The molecule has 0 bridgehead atoms. The number of hydrogen-bond acceptors (Lipinski definition) is 6. The number of nitrogens with one attached hydrogen (secondary N) is 1. The molecule has 1 heterocycles. The van der Waals surface area contributed by atoms with Gasteiger partial charge in [-0.3, -0.25) is 14.9 Å². The number of carbonyl (C=O) groups is 1. The number of anilines is 2. The van der Waals surface area contributed by atoms with E-state index in [9.17, 15) is 14.9 Å². The fourth-order valence-electron chi connectivity index (χ4n) is 1.36. The van der Waals surface area contributed by atoms with E-state index in [0.29, 0.717) is 0 Å². The standard InChI is InChI=1S/C11H8ClN5O3/c12-7-2-1-6(17(19)20)3-8(7)16-11(18)9-4-15-10(13)5-14-9/h1-5H,(H2,13,15)(H,16,18). The van der Waals surface area contributed by atoms with Crippen molar-refractivity contribution in [3.8, 4) is 0 Å². The maximum atomic E-state index is 11.9. The Bertz CT molecular complexity index is 674. The van der Waals surface area contributed by atoms with Crippen LogP contribution < -0.4 is 11.1 Å². The summed E-state index contributed by atoms with van der Waals surface area (Å²) >= 11 is 5.86. The zero-order valence-corrected chi connectivity index (χ0v) is 10.7. The van der Waals surface area contributed by atoms with Crippen molar-refractivity contribution in [2.75, 3.05) is 11.1 Å². The Morgan fingerprint density at radius 3 is 2.70 bits per heavy atom. The highest BCUT2D eigenvalue weighted by molar-refractivity contribution is 6.34. The average Bonchev–Trinajstić information content (AvgIpc) is 2.41. The number of nitrogens with two attached hydrogens (primary N) is 1. The highest BCUT2D eigenvalue weighted by Gasteiger charge is 2.14. The van der Waals surface area contributed by atoms with E-state index in [-0.39, 0.29) is 27.9 Å². The lowest BCUT2D eigenvalue weighted by Crippen LogP contribution is -2.14. The Morgan fingerprint density at radius 1 is 1.35 bits per heavy atom. The molecule has 8 nitrogen and oxygen atoms in total. The first-order chi connectivity index (χ1) is 9.47. The molecule has 2 rings (SSSR count). The van der Waals surface area contributed by atoms with Crippen LogP contribution in [0.5, 0.6) is 0 Å². The Hall–Kier alpha value is -2.74. The van der Waals surface area contributed by atoms with Crippen LogP contribution in [-0.4, -0.2) is 20.8 Å².